The SMILES string of the molecule is CCC(CC1CC1)NCc1ccc([N+](=O)[O-])s1. The molecular weight excluding hydrogens is 236 g/mol. The third kappa shape index (κ3) is 3.78. The van der Waals surface area contributed by atoms with Gasteiger partial charge in [-0.05, 0) is 24.8 Å². The normalized spacial score (nSPS) is 17.0. The molecule has 1 fully saturated rings. The van der Waals surface area contributed by atoms with Gasteiger partial charge in [-0.1, -0.05) is 31.1 Å². The van der Waals surface area contributed by atoms with Gasteiger partial charge in [0.25, 0.3) is 0 Å². The molecule has 1 saturated carbocycles. The number of thiophene rings is 1. The average Bonchev–Trinajstić information content (AvgIpc) is 2.99. The molecule has 1 atom stereocenters. The summed E-state index contributed by atoms with van der Waals surface area (Å²) >= 11 is 1.27. The van der Waals surface area contributed by atoms with Crippen molar-refractivity contribution in [2.45, 2.75) is 45.2 Å². The van der Waals surface area contributed by atoms with Crippen molar-refractivity contribution in [3.05, 3.63) is 27.1 Å². The first-order valence-corrected chi connectivity index (χ1v) is 6.97. The van der Waals surface area contributed by atoms with Crippen molar-refractivity contribution in [2.24, 2.45) is 5.92 Å². The molecule has 17 heavy (non-hydrogen) atoms. The minimum atomic E-state index is -0.324. The van der Waals surface area contributed by atoms with Gasteiger partial charge in [0.1, 0.15) is 0 Å². The zero-order valence-electron chi connectivity index (χ0n) is 10.0. The summed E-state index contributed by atoms with van der Waals surface area (Å²) in [5.41, 5.74) is 0. The van der Waals surface area contributed by atoms with Crippen LogP contribution in [0.5, 0.6) is 0 Å². The molecule has 1 aromatic rings. The Balaban J connectivity index is 1.80. The van der Waals surface area contributed by atoms with Gasteiger partial charge >= 0.3 is 5.00 Å². The first-order valence-electron chi connectivity index (χ1n) is 6.15. The van der Waals surface area contributed by atoms with Crippen LogP contribution in [0.4, 0.5) is 5.00 Å². The zero-order valence-corrected chi connectivity index (χ0v) is 10.8. The van der Waals surface area contributed by atoms with Crippen LogP contribution >= 0.6 is 11.3 Å². The van der Waals surface area contributed by atoms with E-state index in [4.69, 9.17) is 0 Å². The van der Waals surface area contributed by atoms with Crippen molar-refractivity contribution in [1.82, 2.24) is 5.32 Å². The third-order valence-corrected chi connectivity index (χ3v) is 4.24. The van der Waals surface area contributed by atoms with Gasteiger partial charge in [-0.15, -0.1) is 0 Å². The van der Waals surface area contributed by atoms with Gasteiger partial charge in [0.15, 0.2) is 0 Å². The van der Waals surface area contributed by atoms with E-state index in [0.29, 0.717) is 6.04 Å². The summed E-state index contributed by atoms with van der Waals surface area (Å²) in [4.78, 5) is 11.3. The van der Waals surface area contributed by atoms with Gasteiger partial charge in [0.2, 0.25) is 0 Å². The van der Waals surface area contributed by atoms with E-state index < -0.39 is 0 Å². The lowest BCUT2D eigenvalue weighted by atomic mass is 10.1. The molecule has 4 nitrogen and oxygen atoms in total. The Bertz CT molecular complexity index is 388. The zero-order chi connectivity index (χ0) is 12.3. The highest BCUT2D eigenvalue weighted by Gasteiger charge is 2.24. The number of nitrogens with zero attached hydrogens (tertiary/aromatic N) is 1. The Morgan fingerprint density at radius 2 is 2.35 bits per heavy atom. The van der Waals surface area contributed by atoms with Crippen LogP contribution < -0.4 is 5.32 Å². The van der Waals surface area contributed by atoms with Gasteiger partial charge in [0, 0.05) is 23.5 Å². The molecule has 1 aliphatic carbocycles. The van der Waals surface area contributed by atoms with E-state index >= 15 is 0 Å². The Morgan fingerprint density at radius 3 is 2.88 bits per heavy atom. The molecular formula is C12H18N2O2S. The summed E-state index contributed by atoms with van der Waals surface area (Å²) in [5, 5.41) is 14.3. The molecule has 1 N–H and O–H groups in total. The van der Waals surface area contributed by atoms with Crippen LogP contribution in [0.1, 0.15) is 37.5 Å². The van der Waals surface area contributed by atoms with Crippen LogP contribution in [0, 0.1) is 16.0 Å². The molecule has 0 aliphatic heterocycles. The van der Waals surface area contributed by atoms with Gasteiger partial charge < -0.3 is 5.32 Å². The van der Waals surface area contributed by atoms with Crippen molar-refractivity contribution in [1.29, 1.82) is 0 Å². The van der Waals surface area contributed by atoms with Crippen LogP contribution in [0.2, 0.25) is 0 Å². The number of hydrogen-bond acceptors (Lipinski definition) is 4. The van der Waals surface area contributed by atoms with Crippen molar-refractivity contribution < 1.29 is 4.92 Å². The minimum absolute atomic E-state index is 0.233. The van der Waals surface area contributed by atoms with Crippen LogP contribution in [0.3, 0.4) is 0 Å². The molecule has 0 radical (unpaired) electrons. The molecule has 0 amide bonds. The van der Waals surface area contributed by atoms with Crippen LogP contribution in [-0.4, -0.2) is 11.0 Å². The monoisotopic (exact) mass is 254 g/mol. The second kappa shape index (κ2) is 5.60. The predicted octanol–water partition coefficient (Wildman–Crippen LogP) is 3.32. The van der Waals surface area contributed by atoms with Gasteiger partial charge in [0.05, 0.1) is 4.92 Å². The van der Waals surface area contributed by atoms with E-state index in [2.05, 4.69) is 12.2 Å². The van der Waals surface area contributed by atoms with E-state index in [-0.39, 0.29) is 9.92 Å². The minimum Gasteiger partial charge on any atom is -0.309 e. The molecule has 2 rings (SSSR count). The Morgan fingerprint density at radius 1 is 1.59 bits per heavy atom. The Hall–Kier alpha value is -0.940. The highest BCUT2D eigenvalue weighted by Crippen LogP contribution is 2.34. The van der Waals surface area contributed by atoms with Gasteiger partial charge in [-0.2, -0.15) is 0 Å². The van der Waals surface area contributed by atoms with Crippen LogP contribution in [-0.2, 0) is 6.54 Å². The maximum Gasteiger partial charge on any atom is 0.324 e. The lowest BCUT2D eigenvalue weighted by molar-refractivity contribution is -0.380. The molecule has 1 unspecified atom stereocenters. The summed E-state index contributed by atoms with van der Waals surface area (Å²) in [7, 11) is 0. The summed E-state index contributed by atoms with van der Waals surface area (Å²) in [6.07, 6.45) is 5.14. The highest BCUT2D eigenvalue weighted by molar-refractivity contribution is 7.15. The van der Waals surface area contributed by atoms with Gasteiger partial charge in [-0.3, -0.25) is 10.1 Å². The smallest absolute Gasteiger partial charge is 0.309 e. The third-order valence-electron chi connectivity index (χ3n) is 3.20. The molecule has 0 aromatic carbocycles. The molecule has 0 bridgehead atoms. The summed E-state index contributed by atoms with van der Waals surface area (Å²) in [6, 6.07) is 3.99. The maximum absolute atomic E-state index is 10.6. The van der Waals surface area contributed by atoms with Crippen LogP contribution in [0.25, 0.3) is 0 Å². The largest absolute Gasteiger partial charge is 0.324 e. The number of nitrogens with one attached hydrogen (secondary N) is 1. The Kier molecular flexibility index (Phi) is 4.12. The van der Waals surface area contributed by atoms with Crippen molar-refractivity contribution in [2.75, 3.05) is 0 Å². The van der Waals surface area contributed by atoms with E-state index in [9.17, 15) is 10.1 Å². The lowest BCUT2D eigenvalue weighted by Crippen LogP contribution is -2.28. The summed E-state index contributed by atoms with van der Waals surface area (Å²) in [5.74, 6) is 0.921. The van der Waals surface area contributed by atoms with Crippen molar-refractivity contribution >= 4 is 16.3 Å². The first-order chi connectivity index (χ1) is 8.19. The summed E-state index contributed by atoms with van der Waals surface area (Å²) in [6.45, 7) is 2.95. The van der Waals surface area contributed by atoms with Crippen LogP contribution in [0.15, 0.2) is 12.1 Å². The Labute approximate surface area is 105 Å². The van der Waals surface area contributed by atoms with E-state index in [0.717, 1.165) is 23.8 Å². The van der Waals surface area contributed by atoms with E-state index in [1.165, 1.54) is 30.6 Å². The number of nitro groups is 1. The quantitative estimate of drug-likeness (QED) is 0.600. The van der Waals surface area contributed by atoms with Crippen molar-refractivity contribution in [3.8, 4) is 0 Å². The van der Waals surface area contributed by atoms with Gasteiger partial charge in [-0.25, -0.2) is 0 Å². The highest BCUT2D eigenvalue weighted by atomic mass is 32.1. The molecule has 0 spiro atoms. The summed E-state index contributed by atoms with van der Waals surface area (Å²) < 4.78 is 0. The second-order valence-electron chi connectivity index (χ2n) is 4.66. The molecule has 1 aliphatic rings. The fraction of sp³-hybridized carbons (Fsp3) is 0.667. The van der Waals surface area contributed by atoms with Crippen molar-refractivity contribution in [3.63, 3.8) is 0 Å². The van der Waals surface area contributed by atoms with E-state index in [1.54, 1.807) is 6.07 Å². The molecule has 1 heterocycles. The topological polar surface area (TPSA) is 55.2 Å². The molecule has 94 valence electrons. The average molecular weight is 254 g/mol. The molecule has 0 saturated heterocycles. The lowest BCUT2D eigenvalue weighted by Gasteiger charge is -2.15. The predicted molar refractivity (Wildman–Crippen MR) is 69.2 cm³/mol. The standard InChI is InChI=1S/C12H18N2O2S/c1-2-10(7-9-3-4-9)13-8-11-5-6-12(17-11)14(15)16/h5-6,9-10,13H,2-4,7-8H2,1H3. The van der Waals surface area contributed by atoms with E-state index in [1.807, 2.05) is 6.07 Å². The number of rotatable bonds is 7. The first kappa shape index (κ1) is 12.5. The fourth-order valence-electron chi connectivity index (χ4n) is 1.95. The number of hydrogen-bond donors (Lipinski definition) is 1. The molecule has 1 aromatic heterocycles. The maximum atomic E-state index is 10.6. The second-order valence-corrected chi connectivity index (χ2v) is 5.81. The molecule has 5 heteroatoms. The fourth-order valence-corrected chi connectivity index (χ4v) is 2.73.